The molecule has 0 radical (unpaired) electrons. The molecule has 0 bridgehead atoms. The highest BCUT2D eigenvalue weighted by atomic mass is 19.2. The largest absolute Gasteiger partial charge is 0.476 e. The SMILES string of the molecule is C[C@@H](C(=O)Nc1ccc(F)c(F)c1)n1ccc(C(=O)O)n1. The first-order valence-electron chi connectivity index (χ1n) is 5.93. The van der Waals surface area contributed by atoms with Gasteiger partial charge >= 0.3 is 5.97 Å². The number of aromatic nitrogens is 2. The van der Waals surface area contributed by atoms with Crippen molar-refractivity contribution in [3.63, 3.8) is 0 Å². The van der Waals surface area contributed by atoms with E-state index >= 15 is 0 Å². The summed E-state index contributed by atoms with van der Waals surface area (Å²) in [4.78, 5) is 22.7. The van der Waals surface area contributed by atoms with Gasteiger partial charge in [-0.05, 0) is 25.1 Å². The van der Waals surface area contributed by atoms with Crippen LogP contribution in [0, 0.1) is 11.6 Å². The summed E-state index contributed by atoms with van der Waals surface area (Å²) in [5.41, 5.74) is -0.0983. The number of hydrogen-bond donors (Lipinski definition) is 2. The number of carboxylic acids is 1. The first-order chi connectivity index (χ1) is 9.88. The minimum absolute atomic E-state index is 0.0939. The van der Waals surface area contributed by atoms with Crippen molar-refractivity contribution in [3.8, 4) is 0 Å². The van der Waals surface area contributed by atoms with Crippen LogP contribution in [0.25, 0.3) is 0 Å². The normalized spacial score (nSPS) is 12.0. The third kappa shape index (κ3) is 3.22. The van der Waals surface area contributed by atoms with Gasteiger partial charge in [0.1, 0.15) is 6.04 Å². The maximum absolute atomic E-state index is 13.0. The molecule has 0 aliphatic rings. The Kier molecular flexibility index (Phi) is 3.97. The summed E-state index contributed by atoms with van der Waals surface area (Å²) in [6.07, 6.45) is 1.35. The second-order valence-electron chi connectivity index (χ2n) is 4.28. The van der Waals surface area contributed by atoms with E-state index in [2.05, 4.69) is 10.4 Å². The van der Waals surface area contributed by atoms with Gasteiger partial charge in [0, 0.05) is 18.0 Å². The molecule has 1 heterocycles. The molecule has 6 nitrogen and oxygen atoms in total. The van der Waals surface area contributed by atoms with Crippen LogP contribution in [0.4, 0.5) is 14.5 Å². The molecule has 21 heavy (non-hydrogen) atoms. The van der Waals surface area contributed by atoms with Gasteiger partial charge in [-0.1, -0.05) is 0 Å². The summed E-state index contributed by atoms with van der Waals surface area (Å²) in [6, 6.07) is 3.40. The van der Waals surface area contributed by atoms with E-state index in [0.29, 0.717) is 0 Å². The molecule has 8 heteroatoms. The van der Waals surface area contributed by atoms with E-state index in [4.69, 9.17) is 5.11 Å². The molecule has 1 amide bonds. The minimum atomic E-state index is -1.21. The number of carboxylic acid groups (broad SMARTS) is 1. The number of aromatic carboxylic acids is 1. The van der Waals surface area contributed by atoms with Crippen molar-refractivity contribution in [2.45, 2.75) is 13.0 Å². The molecule has 0 fully saturated rings. The maximum Gasteiger partial charge on any atom is 0.356 e. The minimum Gasteiger partial charge on any atom is -0.476 e. The van der Waals surface area contributed by atoms with Crippen LogP contribution >= 0.6 is 0 Å². The van der Waals surface area contributed by atoms with Crippen LogP contribution in [0.1, 0.15) is 23.5 Å². The molecular formula is C13H11F2N3O3. The Morgan fingerprint density at radius 2 is 2.00 bits per heavy atom. The van der Waals surface area contributed by atoms with Crippen molar-refractivity contribution >= 4 is 17.6 Å². The van der Waals surface area contributed by atoms with Crippen molar-refractivity contribution in [1.82, 2.24) is 9.78 Å². The molecule has 1 aromatic carbocycles. The molecule has 0 saturated heterocycles. The summed E-state index contributed by atoms with van der Waals surface area (Å²) < 4.78 is 27.0. The maximum atomic E-state index is 13.0. The van der Waals surface area contributed by atoms with Gasteiger partial charge in [0.05, 0.1) is 0 Å². The highest BCUT2D eigenvalue weighted by Crippen LogP contribution is 2.15. The van der Waals surface area contributed by atoms with Gasteiger partial charge < -0.3 is 10.4 Å². The van der Waals surface area contributed by atoms with E-state index in [9.17, 15) is 18.4 Å². The first-order valence-corrected chi connectivity index (χ1v) is 5.93. The van der Waals surface area contributed by atoms with Crippen LogP contribution in [-0.4, -0.2) is 26.8 Å². The molecule has 0 saturated carbocycles. The fourth-order valence-electron chi connectivity index (χ4n) is 1.61. The molecular weight excluding hydrogens is 284 g/mol. The lowest BCUT2D eigenvalue weighted by Crippen LogP contribution is -2.24. The van der Waals surface area contributed by atoms with Gasteiger partial charge in [-0.25, -0.2) is 13.6 Å². The van der Waals surface area contributed by atoms with Crippen LogP contribution < -0.4 is 5.32 Å². The molecule has 0 aliphatic heterocycles. The smallest absolute Gasteiger partial charge is 0.356 e. The zero-order valence-electron chi connectivity index (χ0n) is 10.9. The topological polar surface area (TPSA) is 84.2 Å². The number of carbonyl (C=O) groups excluding carboxylic acids is 1. The van der Waals surface area contributed by atoms with Gasteiger partial charge in [-0.3, -0.25) is 9.48 Å². The molecule has 2 aromatic rings. The zero-order chi connectivity index (χ0) is 15.6. The average molecular weight is 295 g/mol. The van der Waals surface area contributed by atoms with Crippen LogP contribution in [-0.2, 0) is 4.79 Å². The first kappa shape index (κ1) is 14.6. The number of anilines is 1. The van der Waals surface area contributed by atoms with Gasteiger partial charge in [-0.2, -0.15) is 5.10 Å². The summed E-state index contributed by atoms with van der Waals surface area (Å²) in [7, 11) is 0. The molecule has 0 spiro atoms. The van der Waals surface area contributed by atoms with Crippen LogP contribution in [0.15, 0.2) is 30.5 Å². The van der Waals surface area contributed by atoms with E-state index in [1.807, 2.05) is 0 Å². The monoisotopic (exact) mass is 295 g/mol. The Morgan fingerprint density at radius 1 is 1.29 bits per heavy atom. The summed E-state index contributed by atoms with van der Waals surface area (Å²) in [6.45, 7) is 1.49. The third-order valence-corrected chi connectivity index (χ3v) is 2.79. The Balaban J connectivity index is 2.11. The van der Waals surface area contributed by atoms with Crippen molar-refractivity contribution in [1.29, 1.82) is 0 Å². The molecule has 0 unspecified atom stereocenters. The van der Waals surface area contributed by atoms with Gasteiger partial charge in [-0.15, -0.1) is 0 Å². The standard InChI is InChI=1S/C13H11F2N3O3/c1-7(18-5-4-11(17-18)13(20)21)12(19)16-8-2-3-9(14)10(15)6-8/h2-7H,1H3,(H,16,19)(H,20,21)/t7-/m0/s1. The lowest BCUT2D eigenvalue weighted by atomic mass is 10.2. The zero-order valence-corrected chi connectivity index (χ0v) is 10.9. The summed E-state index contributed by atoms with van der Waals surface area (Å²) in [5.74, 6) is -3.84. The third-order valence-electron chi connectivity index (χ3n) is 2.79. The van der Waals surface area contributed by atoms with E-state index in [0.717, 1.165) is 12.1 Å². The van der Waals surface area contributed by atoms with E-state index in [-0.39, 0.29) is 11.4 Å². The predicted octanol–water partition coefficient (Wildman–Crippen LogP) is 2.06. The second-order valence-corrected chi connectivity index (χ2v) is 4.28. The number of hydrogen-bond acceptors (Lipinski definition) is 3. The predicted molar refractivity (Wildman–Crippen MR) is 68.9 cm³/mol. The molecule has 2 N–H and O–H groups in total. The van der Waals surface area contributed by atoms with E-state index in [1.54, 1.807) is 0 Å². The van der Waals surface area contributed by atoms with Gasteiger partial charge in [0.15, 0.2) is 17.3 Å². The van der Waals surface area contributed by atoms with Crippen LogP contribution in [0.2, 0.25) is 0 Å². The number of carbonyl (C=O) groups is 2. The fraction of sp³-hybridized carbons (Fsp3) is 0.154. The molecule has 2 rings (SSSR count). The molecule has 110 valence electrons. The van der Waals surface area contributed by atoms with Crippen molar-refractivity contribution in [2.24, 2.45) is 0 Å². The number of amides is 1. The Bertz CT molecular complexity index is 700. The van der Waals surface area contributed by atoms with Crippen molar-refractivity contribution in [2.75, 3.05) is 5.32 Å². The van der Waals surface area contributed by atoms with Crippen molar-refractivity contribution < 1.29 is 23.5 Å². The summed E-state index contributed by atoms with van der Waals surface area (Å²) >= 11 is 0. The van der Waals surface area contributed by atoms with E-state index < -0.39 is 29.6 Å². The number of nitrogens with one attached hydrogen (secondary N) is 1. The lowest BCUT2D eigenvalue weighted by Gasteiger charge is -2.12. The Labute approximate surface area is 118 Å². The molecule has 1 atom stereocenters. The summed E-state index contributed by atoms with van der Waals surface area (Å²) in [5, 5.41) is 14.9. The highest BCUT2D eigenvalue weighted by Gasteiger charge is 2.18. The Hall–Kier alpha value is -2.77. The van der Waals surface area contributed by atoms with Gasteiger partial charge in [0.25, 0.3) is 0 Å². The quantitative estimate of drug-likeness (QED) is 0.904. The number of nitrogens with zero attached hydrogens (tertiary/aromatic N) is 2. The average Bonchev–Trinajstić information content (AvgIpc) is 2.92. The highest BCUT2D eigenvalue weighted by molar-refractivity contribution is 5.93. The lowest BCUT2D eigenvalue weighted by molar-refractivity contribution is -0.119. The molecule has 1 aromatic heterocycles. The Morgan fingerprint density at radius 3 is 2.57 bits per heavy atom. The number of benzene rings is 1. The second kappa shape index (κ2) is 5.70. The number of rotatable bonds is 4. The van der Waals surface area contributed by atoms with Crippen LogP contribution in [0.3, 0.4) is 0 Å². The van der Waals surface area contributed by atoms with E-state index in [1.165, 1.54) is 29.9 Å². The molecule has 0 aliphatic carbocycles. The number of halogens is 2. The van der Waals surface area contributed by atoms with Crippen molar-refractivity contribution in [3.05, 3.63) is 47.8 Å². The fourth-order valence-corrected chi connectivity index (χ4v) is 1.61. The van der Waals surface area contributed by atoms with Gasteiger partial charge in [0.2, 0.25) is 5.91 Å². The van der Waals surface area contributed by atoms with Crippen LogP contribution in [0.5, 0.6) is 0 Å².